The van der Waals surface area contributed by atoms with Crippen molar-refractivity contribution in [1.82, 2.24) is 15.1 Å². The van der Waals surface area contributed by atoms with Crippen molar-refractivity contribution in [2.45, 2.75) is 33.2 Å². The van der Waals surface area contributed by atoms with E-state index < -0.39 is 0 Å². The third kappa shape index (κ3) is 4.45. The van der Waals surface area contributed by atoms with Gasteiger partial charge in [-0.3, -0.25) is 4.68 Å². The first kappa shape index (κ1) is 12.7. The number of hydrogen-bond acceptors (Lipinski definition) is 3. The molecule has 0 radical (unpaired) electrons. The lowest BCUT2D eigenvalue weighted by atomic mass is 9.88. The van der Waals surface area contributed by atoms with Crippen molar-refractivity contribution in [2.24, 2.45) is 12.5 Å². The number of nitrogens with zero attached hydrogens (tertiary/aromatic N) is 3. The van der Waals surface area contributed by atoms with Crippen molar-refractivity contribution in [3.05, 3.63) is 18.0 Å². The van der Waals surface area contributed by atoms with E-state index >= 15 is 0 Å². The maximum Gasteiger partial charge on any atom is 0.0762 e. The topological polar surface area (TPSA) is 53.6 Å². The Morgan fingerprint density at radius 1 is 1.56 bits per heavy atom. The highest BCUT2D eigenvalue weighted by atomic mass is 15.3. The van der Waals surface area contributed by atoms with Gasteiger partial charge >= 0.3 is 0 Å². The molecule has 0 aliphatic rings. The molecule has 0 aliphatic heterocycles. The van der Waals surface area contributed by atoms with E-state index in [0.717, 1.165) is 25.2 Å². The van der Waals surface area contributed by atoms with Crippen LogP contribution in [-0.2, 0) is 13.6 Å². The third-order valence-corrected chi connectivity index (χ3v) is 2.59. The molecule has 0 saturated heterocycles. The molecule has 88 valence electrons. The van der Waals surface area contributed by atoms with Crippen LogP contribution < -0.4 is 5.32 Å². The van der Waals surface area contributed by atoms with Gasteiger partial charge in [0.05, 0.1) is 11.8 Å². The molecule has 0 aromatic carbocycles. The van der Waals surface area contributed by atoms with Gasteiger partial charge in [-0.2, -0.15) is 10.4 Å². The summed E-state index contributed by atoms with van der Waals surface area (Å²) in [6, 6.07) is 4.20. The highest BCUT2D eigenvalue weighted by Crippen LogP contribution is 2.20. The minimum Gasteiger partial charge on any atom is -0.311 e. The minimum absolute atomic E-state index is 0.171. The first-order valence-corrected chi connectivity index (χ1v) is 5.60. The SMILES string of the molecule is Cn1ccc(CNCC(C)(C)CCC#N)n1. The van der Waals surface area contributed by atoms with Gasteiger partial charge in [0.1, 0.15) is 0 Å². The van der Waals surface area contributed by atoms with Gasteiger partial charge in [-0.15, -0.1) is 0 Å². The second-order valence-corrected chi connectivity index (χ2v) is 4.91. The van der Waals surface area contributed by atoms with Crippen molar-refractivity contribution in [2.75, 3.05) is 6.54 Å². The average Bonchev–Trinajstić information content (AvgIpc) is 2.61. The quantitative estimate of drug-likeness (QED) is 0.796. The van der Waals surface area contributed by atoms with Crippen LogP contribution in [0, 0.1) is 16.7 Å². The lowest BCUT2D eigenvalue weighted by Gasteiger charge is -2.23. The molecule has 1 aromatic rings. The van der Waals surface area contributed by atoms with Crippen LogP contribution in [0.25, 0.3) is 0 Å². The standard InChI is InChI=1S/C12H20N4/c1-12(2,6-4-7-13)10-14-9-11-5-8-16(3)15-11/h5,8,14H,4,6,9-10H2,1-3H3. The first-order valence-electron chi connectivity index (χ1n) is 5.60. The van der Waals surface area contributed by atoms with Crippen molar-refractivity contribution in [3.8, 4) is 6.07 Å². The second-order valence-electron chi connectivity index (χ2n) is 4.91. The monoisotopic (exact) mass is 220 g/mol. The van der Waals surface area contributed by atoms with Gasteiger partial charge in [-0.05, 0) is 17.9 Å². The third-order valence-electron chi connectivity index (χ3n) is 2.59. The number of aryl methyl sites for hydroxylation is 1. The van der Waals surface area contributed by atoms with E-state index in [0.29, 0.717) is 6.42 Å². The van der Waals surface area contributed by atoms with Gasteiger partial charge in [0.25, 0.3) is 0 Å². The zero-order valence-electron chi connectivity index (χ0n) is 10.3. The molecule has 0 atom stereocenters. The molecule has 1 N–H and O–H groups in total. The molecule has 1 rings (SSSR count). The maximum absolute atomic E-state index is 8.55. The minimum atomic E-state index is 0.171. The summed E-state index contributed by atoms with van der Waals surface area (Å²) in [5.41, 5.74) is 1.23. The molecule has 4 nitrogen and oxygen atoms in total. The van der Waals surface area contributed by atoms with Crippen molar-refractivity contribution in [1.29, 1.82) is 5.26 Å². The fraction of sp³-hybridized carbons (Fsp3) is 0.667. The van der Waals surface area contributed by atoms with Crippen LogP contribution >= 0.6 is 0 Å². The van der Waals surface area contributed by atoms with Crippen LogP contribution in [0.5, 0.6) is 0 Å². The molecule has 0 amide bonds. The number of nitrogens with one attached hydrogen (secondary N) is 1. The number of hydrogen-bond donors (Lipinski definition) is 1. The van der Waals surface area contributed by atoms with Gasteiger partial charge in [-0.1, -0.05) is 13.8 Å². The van der Waals surface area contributed by atoms with Crippen molar-refractivity contribution in [3.63, 3.8) is 0 Å². The Bertz CT molecular complexity index is 359. The van der Waals surface area contributed by atoms with Crippen LogP contribution in [0.3, 0.4) is 0 Å². The fourth-order valence-corrected chi connectivity index (χ4v) is 1.57. The molecule has 0 unspecified atom stereocenters. The highest BCUT2D eigenvalue weighted by molar-refractivity contribution is 4.98. The van der Waals surface area contributed by atoms with Crippen LogP contribution in [0.2, 0.25) is 0 Å². The van der Waals surface area contributed by atoms with Gasteiger partial charge in [-0.25, -0.2) is 0 Å². The Morgan fingerprint density at radius 3 is 2.88 bits per heavy atom. The second kappa shape index (κ2) is 5.66. The van der Waals surface area contributed by atoms with Crippen molar-refractivity contribution >= 4 is 0 Å². The molecular weight excluding hydrogens is 200 g/mol. The van der Waals surface area contributed by atoms with Gasteiger partial charge in [0.2, 0.25) is 0 Å². The van der Waals surface area contributed by atoms with Crippen molar-refractivity contribution < 1.29 is 0 Å². The maximum atomic E-state index is 8.55. The lowest BCUT2D eigenvalue weighted by Crippen LogP contribution is -2.29. The van der Waals surface area contributed by atoms with Crippen LogP contribution in [0.4, 0.5) is 0 Å². The molecule has 0 saturated carbocycles. The molecule has 1 aromatic heterocycles. The number of aromatic nitrogens is 2. The summed E-state index contributed by atoms with van der Waals surface area (Å²) in [7, 11) is 1.92. The Morgan fingerprint density at radius 2 is 2.31 bits per heavy atom. The number of nitriles is 1. The summed E-state index contributed by atoms with van der Waals surface area (Å²) >= 11 is 0. The Kier molecular flexibility index (Phi) is 4.51. The van der Waals surface area contributed by atoms with E-state index in [1.807, 2.05) is 19.3 Å². The van der Waals surface area contributed by atoms with E-state index in [2.05, 4.69) is 30.3 Å². The molecule has 4 heteroatoms. The molecule has 0 fully saturated rings. The lowest BCUT2D eigenvalue weighted by molar-refractivity contribution is 0.316. The molecule has 0 spiro atoms. The molecule has 16 heavy (non-hydrogen) atoms. The molecule has 0 aliphatic carbocycles. The summed E-state index contributed by atoms with van der Waals surface area (Å²) < 4.78 is 1.80. The van der Waals surface area contributed by atoms with Crippen LogP contribution in [-0.4, -0.2) is 16.3 Å². The molecular formula is C12H20N4. The van der Waals surface area contributed by atoms with E-state index in [1.54, 1.807) is 4.68 Å². The van der Waals surface area contributed by atoms with Crippen LogP contribution in [0.1, 0.15) is 32.4 Å². The summed E-state index contributed by atoms with van der Waals surface area (Å²) in [5.74, 6) is 0. The summed E-state index contributed by atoms with van der Waals surface area (Å²) in [6.07, 6.45) is 3.49. The Hall–Kier alpha value is -1.34. The predicted molar refractivity (Wildman–Crippen MR) is 63.5 cm³/mol. The van der Waals surface area contributed by atoms with Gasteiger partial charge in [0, 0.05) is 32.8 Å². The fourth-order valence-electron chi connectivity index (χ4n) is 1.57. The number of rotatable bonds is 6. The molecule has 0 bridgehead atoms. The van der Waals surface area contributed by atoms with Crippen LogP contribution in [0.15, 0.2) is 12.3 Å². The summed E-state index contributed by atoms with van der Waals surface area (Å²) in [5, 5.41) is 16.2. The molecule has 1 heterocycles. The first-order chi connectivity index (χ1) is 7.53. The Labute approximate surface area is 97.3 Å². The highest BCUT2D eigenvalue weighted by Gasteiger charge is 2.16. The summed E-state index contributed by atoms with van der Waals surface area (Å²) in [6.45, 7) is 6.05. The predicted octanol–water partition coefficient (Wildman–Crippen LogP) is 1.84. The average molecular weight is 220 g/mol. The zero-order valence-corrected chi connectivity index (χ0v) is 10.3. The van der Waals surface area contributed by atoms with Gasteiger partial charge < -0.3 is 5.32 Å². The zero-order chi connectivity index (χ0) is 12.0. The van der Waals surface area contributed by atoms with Gasteiger partial charge in [0.15, 0.2) is 0 Å². The van der Waals surface area contributed by atoms with E-state index in [9.17, 15) is 0 Å². The summed E-state index contributed by atoms with van der Waals surface area (Å²) in [4.78, 5) is 0. The van der Waals surface area contributed by atoms with E-state index in [1.165, 1.54) is 0 Å². The van der Waals surface area contributed by atoms with E-state index in [-0.39, 0.29) is 5.41 Å². The largest absolute Gasteiger partial charge is 0.311 e. The normalized spacial score (nSPS) is 11.4. The Balaban J connectivity index is 2.27. The smallest absolute Gasteiger partial charge is 0.0762 e. The van der Waals surface area contributed by atoms with E-state index in [4.69, 9.17) is 5.26 Å².